The lowest BCUT2D eigenvalue weighted by Gasteiger charge is -2.38. The van der Waals surface area contributed by atoms with Crippen molar-refractivity contribution in [2.75, 3.05) is 0 Å². The molecule has 0 aromatic heterocycles. The van der Waals surface area contributed by atoms with Crippen LogP contribution in [0.2, 0.25) is 0 Å². The minimum Gasteiger partial charge on any atom is -0.350 e. The number of carbonyl (C=O) groups excluding carboxylic acids is 3. The Labute approximate surface area is 159 Å². The van der Waals surface area contributed by atoms with Crippen LogP contribution in [0.3, 0.4) is 0 Å². The van der Waals surface area contributed by atoms with Crippen LogP contribution in [0.15, 0.2) is 24.3 Å². The van der Waals surface area contributed by atoms with Gasteiger partial charge in [0, 0.05) is 12.6 Å². The molecule has 2 fully saturated rings. The first-order chi connectivity index (χ1) is 12.9. The molecule has 7 heteroatoms. The molecule has 2 aliphatic rings. The summed E-state index contributed by atoms with van der Waals surface area (Å²) in [6.45, 7) is 4.04. The second kappa shape index (κ2) is 8.08. The van der Waals surface area contributed by atoms with E-state index in [0.717, 1.165) is 24.0 Å². The van der Waals surface area contributed by atoms with Gasteiger partial charge in [0.2, 0.25) is 17.7 Å². The molecule has 7 nitrogen and oxygen atoms in total. The molecule has 2 saturated heterocycles. The summed E-state index contributed by atoms with van der Waals surface area (Å²) < 4.78 is 0. The normalized spacial score (nSPS) is 25.7. The number of fused-ring (bicyclic) bond motifs is 1. The van der Waals surface area contributed by atoms with Crippen LogP contribution >= 0.6 is 0 Å². The first-order valence-electron chi connectivity index (χ1n) is 9.59. The molecule has 3 amide bonds. The van der Waals surface area contributed by atoms with Crippen LogP contribution in [0.25, 0.3) is 0 Å². The number of carbonyl (C=O) groups is 3. The van der Waals surface area contributed by atoms with Crippen molar-refractivity contribution in [3.8, 4) is 0 Å². The van der Waals surface area contributed by atoms with Crippen molar-refractivity contribution in [3.05, 3.63) is 35.4 Å². The van der Waals surface area contributed by atoms with Crippen molar-refractivity contribution >= 4 is 17.7 Å². The molecular weight excluding hydrogens is 344 g/mol. The van der Waals surface area contributed by atoms with Gasteiger partial charge < -0.3 is 21.3 Å². The van der Waals surface area contributed by atoms with Crippen LogP contribution in [0.4, 0.5) is 0 Å². The van der Waals surface area contributed by atoms with Crippen molar-refractivity contribution in [2.24, 2.45) is 5.73 Å². The summed E-state index contributed by atoms with van der Waals surface area (Å²) in [5, 5.41) is 5.69. The molecule has 0 spiro atoms. The van der Waals surface area contributed by atoms with Gasteiger partial charge >= 0.3 is 0 Å². The number of hydrogen-bond donors (Lipinski definition) is 3. The maximum absolute atomic E-state index is 12.9. The molecule has 1 aromatic carbocycles. The number of benzene rings is 1. The Hall–Kier alpha value is -2.41. The smallest absolute Gasteiger partial charge is 0.246 e. The third-order valence-corrected chi connectivity index (χ3v) is 5.59. The highest BCUT2D eigenvalue weighted by molar-refractivity contribution is 5.94. The molecule has 2 heterocycles. The molecule has 0 radical (unpaired) electrons. The molecule has 3 rings (SSSR count). The van der Waals surface area contributed by atoms with Crippen LogP contribution in [0.1, 0.15) is 43.7 Å². The third-order valence-electron chi connectivity index (χ3n) is 5.59. The zero-order valence-electron chi connectivity index (χ0n) is 15.9. The first kappa shape index (κ1) is 19.4. The number of nitrogens with two attached hydrogens (primary N) is 1. The van der Waals surface area contributed by atoms with Gasteiger partial charge in [-0.1, -0.05) is 24.3 Å². The highest BCUT2D eigenvalue weighted by atomic mass is 16.2. The van der Waals surface area contributed by atoms with E-state index >= 15 is 0 Å². The van der Waals surface area contributed by atoms with Gasteiger partial charge in [0.1, 0.15) is 12.1 Å². The summed E-state index contributed by atoms with van der Waals surface area (Å²) >= 11 is 0. The van der Waals surface area contributed by atoms with Gasteiger partial charge in [0.05, 0.1) is 6.04 Å². The van der Waals surface area contributed by atoms with Gasteiger partial charge in [-0.2, -0.15) is 0 Å². The lowest BCUT2D eigenvalue weighted by atomic mass is 9.97. The Balaban J connectivity index is 1.64. The second-order valence-corrected chi connectivity index (χ2v) is 7.56. The average Bonchev–Trinajstić information content (AvgIpc) is 3.08. The Morgan fingerprint density at radius 2 is 1.93 bits per heavy atom. The Bertz CT molecular complexity index is 734. The molecule has 4 N–H and O–H groups in total. The predicted octanol–water partition coefficient (Wildman–Crippen LogP) is 0.597. The van der Waals surface area contributed by atoms with E-state index in [1.807, 2.05) is 31.2 Å². The largest absolute Gasteiger partial charge is 0.350 e. The summed E-state index contributed by atoms with van der Waals surface area (Å²) in [6.07, 6.45) is 2.86. The van der Waals surface area contributed by atoms with Crippen molar-refractivity contribution in [1.82, 2.24) is 15.5 Å². The molecule has 0 aliphatic carbocycles. The topological polar surface area (TPSA) is 105 Å². The Kier molecular flexibility index (Phi) is 5.79. The summed E-state index contributed by atoms with van der Waals surface area (Å²) in [6, 6.07) is 6.25. The van der Waals surface area contributed by atoms with Crippen molar-refractivity contribution in [3.63, 3.8) is 0 Å². The summed E-state index contributed by atoms with van der Waals surface area (Å²) in [5.41, 5.74) is 7.77. The van der Waals surface area contributed by atoms with Crippen LogP contribution < -0.4 is 16.4 Å². The zero-order valence-corrected chi connectivity index (χ0v) is 15.9. The third kappa shape index (κ3) is 4.13. The van der Waals surface area contributed by atoms with E-state index in [2.05, 4.69) is 10.6 Å². The van der Waals surface area contributed by atoms with Gasteiger partial charge in [0.15, 0.2) is 0 Å². The quantitative estimate of drug-likeness (QED) is 0.704. The van der Waals surface area contributed by atoms with Gasteiger partial charge in [-0.15, -0.1) is 0 Å². The van der Waals surface area contributed by atoms with Gasteiger partial charge in [0.25, 0.3) is 0 Å². The van der Waals surface area contributed by atoms with E-state index in [9.17, 15) is 14.4 Å². The van der Waals surface area contributed by atoms with Crippen molar-refractivity contribution < 1.29 is 14.4 Å². The number of nitrogens with one attached hydrogen (secondary N) is 2. The number of amides is 3. The SMILES string of the molecule is Cc1ccccc1CNC(=O)[C@@H]1CC[C@@H]2CC[C@H](NC(=O)[C@H](C)N)C(=O)N21. The molecule has 27 heavy (non-hydrogen) atoms. The first-order valence-corrected chi connectivity index (χ1v) is 9.59. The maximum atomic E-state index is 12.9. The van der Waals surface area contributed by atoms with E-state index in [1.54, 1.807) is 11.8 Å². The predicted molar refractivity (Wildman–Crippen MR) is 101 cm³/mol. The average molecular weight is 372 g/mol. The molecular formula is C20H28N4O3. The summed E-state index contributed by atoms with van der Waals surface area (Å²) in [5.74, 6) is -0.645. The fourth-order valence-corrected chi connectivity index (χ4v) is 3.97. The standard InChI is InChI=1S/C20H28N4O3/c1-12-5-3-4-6-14(12)11-22-19(26)17-10-8-15-7-9-16(20(27)24(15)17)23-18(25)13(2)21/h3-6,13,15-17H,7-11,21H2,1-2H3,(H,22,26)(H,23,25)/t13-,15-,16-,17-/m0/s1. The van der Waals surface area contributed by atoms with Crippen LogP contribution in [-0.4, -0.2) is 46.8 Å². The lowest BCUT2D eigenvalue weighted by molar-refractivity contribution is -0.146. The minimum absolute atomic E-state index is 0.0789. The molecule has 0 saturated carbocycles. The van der Waals surface area contributed by atoms with Gasteiger partial charge in [-0.3, -0.25) is 14.4 Å². The Morgan fingerprint density at radius 1 is 1.22 bits per heavy atom. The van der Waals surface area contributed by atoms with E-state index in [4.69, 9.17) is 5.73 Å². The molecule has 0 bridgehead atoms. The zero-order chi connectivity index (χ0) is 19.6. The summed E-state index contributed by atoms with van der Waals surface area (Å²) in [7, 11) is 0. The van der Waals surface area contributed by atoms with E-state index in [0.29, 0.717) is 19.4 Å². The second-order valence-electron chi connectivity index (χ2n) is 7.56. The molecule has 4 atom stereocenters. The lowest BCUT2D eigenvalue weighted by Crippen LogP contribution is -2.59. The number of aryl methyl sites for hydroxylation is 1. The number of nitrogens with zero attached hydrogens (tertiary/aromatic N) is 1. The molecule has 2 aliphatic heterocycles. The molecule has 146 valence electrons. The van der Waals surface area contributed by atoms with Gasteiger partial charge in [-0.05, 0) is 50.7 Å². The van der Waals surface area contributed by atoms with Crippen LogP contribution in [-0.2, 0) is 20.9 Å². The number of hydrogen-bond acceptors (Lipinski definition) is 4. The highest BCUT2D eigenvalue weighted by Crippen LogP contribution is 2.32. The van der Waals surface area contributed by atoms with E-state index in [1.165, 1.54) is 0 Å². The maximum Gasteiger partial charge on any atom is 0.246 e. The van der Waals surface area contributed by atoms with Gasteiger partial charge in [-0.25, -0.2) is 0 Å². The monoisotopic (exact) mass is 372 g/mol. The van der Waals surface area contributed by atoms with Crippen LogP contribution in [0.5, 0.6) is 0 Å². The van der Waals surface area contributed by atoms with Crippen molar-refractivity contribution in [2.45, 2.75) is 70.2 Å². The fraction of sp³-hybridized carbons (Fsp3) is 0.550. The van der Waals surface area contributed by atoms with Crippen LogP contribution in [0, 0.1) is 6.92 Å². The highest BCUT2D eigenvalue weighted by Gasteiger charge is 2.46. The minimum atomic E-state index is -0.665. The number of piperidine rings is 1. The van der Waals surface area contributed by atoms with E-state index < -0.39 is 18.1 Å². The Morgan fingerprint density at radius 3 is 2.63 bits per heavy atom. The molecule has 1 aromatic rings. The van der Waals surface area contributed by atoms with E-state index in [-0.39, 0.29) is 23.8 Å². The molecule has 0 unspecified atom stereocenters. The van der Waals surface area contributed by atoms with Crippen molar-refractivity contribution in [1.29, 1.82) is 0 Å². The fourth-order valence-electron chi connectivity index (χ4n) is 3.97. The summed E-state index contributed by atoms with van der Waals surface area (Å²) in [4.78, 5) is 39.2. The number of rotatable bonds is 5.